The van der Waals surface area contributed by atoms with E-state index in [0.717, 1.165) is 12.1 Å². The van der Waals surface area contributed by atoms with Gasteiger partial charge in [0.1, 0.15) is 0 Å². The lowest BCUT2D eigenvalue weighted by Gasteiger charge is -2.16. The van der Waals surface area contributed by atoms with E-state index in [1.807, 2.05) is 0 Å². The molecule has 0 bridgehead atoms. The molecule has 0 amide bonds. The fraction of sp³-hybridized carbons (Fsp3) is 0.571. The monoisotopic (exact) mass is 350 g/mol. The summed E-state index contributed by atoms with van der Waals surface area (Å²) in [6, 6.07) is 5.28. The molecule has 0 radical (unpaired) electrons. The molecule has 1 saturated carbocycles. The third-order valence-electron chi connectivity index (χ3n) is 3.39. The maximum atomic E-state index is 12.0. The van der Waals surface area contributed by atoms with Crippen LogP contribution in [0.15, 0.2) is 18.2 Å². The number of hydrogen-bond acceptors (Lipinski definition) is 3. The van der Waals surface area contributed by atoms with Gasteiger partial charge in [0, 0.05) is 22.1 Å². The summed E-state index contributed by atoms with van der Waals surface area (Å²) in [7, 11) is -3.32. The molecule has 0 aromatic heterocycles. The highest BCUT2D eigenvalue weighted by molar-refractivity contribution is 7.89. The van der Waals surface area contributed by atoms with E-state index >= 15 is 0 Å². The minimum Gasteiger partial charge on any atom is -0.314 e. The Kier molecular flexibility index (Phi) is 5.91. The Morgan fingerprint density at radius 3 is 2.67 bits per heavy atom. The highest BCUT2D eigenvalue weighted by Gasteiger charge is 2.21. The van der Waals surface area contributed by atoms with Crippen LogP contribution in [0.25, 0.3) is 0 Å². The molecule has 2 N–H and O–H groups in total. The molecule has 7 heteroatoms. The van der Waals surface area contributed by atoms with Crippen LogP contribution >= 0.6 is 23.2 Å². The van der Waals surface area contributed by atoms with Gasteiger partial charge in [-0.05, 0) is 50.4 Å². The molecule has 4 nitrogen and oxygen atoms in total. The highest BCUT2D eigenvalue weighted by atomic mass is 35.5. The summed E-state index contributed by atoms with van der Waals surface area (Å²) in [5, 5.41) is 4.30. The van der Waals surface area contributed by atoms with Crippen LogP contribution in [0.3, 0.4) is 0 Å². The fourth-order valence-electron chi connectivity index (χ4n) is 2.10. The predicted octanol–water partition coefficient (Wildman–Crippen LogP) is 3.12. The number of sulfonamides is 1. The minimum absolute atomic E-state index is 0.113. The maximum Gasteiger partial charge on any atom is 0.212 e. The Morgan fingerprint density at radius 1 is 1.33 bits per heavy atom. The van der Waals surface area contributed by atoms with Gasteiger partial charge >= 0.3 is 0 Å². The second kappa shape index (κ2) is 7.29. The molecule has 2 rings (SSSR count). The average molecular weight is 351 g/mol. The first-order valence-electron chi connectivity index (χ1n) is 7.06. The van der Waals surface area contributed by atoms with Crippen molar-refractivity contribution in [2.24, 2.45) is 0 Å². The summed E-state index contributed by atoms with van der Waals surface area (Å²) in [4.78, 5) is 0. The van der Waals surface area contributed by atoms with Gasteiger partial charge in [0.15, 0.2) is 0 Å². The van der Waals surface area contributed by atoms with E-state index in [2.05, 4.69) is 10.0 Å². The summed E-state index contributed by atoms with van der Waals surface area (Å²) < 4.78 is 26.7. The van der Waals surface area contributed by atoms with Gasteiger partial charge in [0.2, 0.25) is 10.0 Å². The number of hydrogen-bond donors (Lipinski definition) is 2. The van der Waals surface area contributed by atoms with Crippen molar-refractivity contribution in [3.05, 3.63) is 33.8 Å². The number of halogens is 2. The van der Waals surface area contributed by atoms with Gasteiger partial charge in [0.25, 0.3) is 0 Å². The molecule has 1 fully saturated rings. The summed E-state index contributed by atoms with van der Waals surface area (Å²) in [6.45, 7) is 2.51. The SMILES string of the molecule is CC(NS(=O)(=O)CCCNC1CC1)c1ccc(Cl)cc1Cl. The lowest BCUT2D eigenvalue weighted by atomic mass is 10.1. The molecule has 118 valence electrons. The molecule has 1 aliphatic carbocycles. The van der Waals surface area contributed by atoms with Crippen LogP contribution in [0.1, 0.15) is 37.8 Å². The van der Waals surface area contributed by atoms with Crippen molar-refractivity contribution >= 4 is 33.2 Å². The van der Waals surface area contributed by atoms with Gasteiger partial charge in [-0.3, -0.25) is 0 Å². The Labute approximate surface area is 136 Å². The van der Waals surface area contributed by atoms with Crippen LogP contribution in [0, 0.1) is 0 Å². The summed E-state index contributed by atoms with van der Waals surface area (Å²) >= 11 is 11.9. The molecule has 1 atom stereocenters. The van der Waals surface area contributed by atoms with E-state index in [9.17, 15) is 8.42 Å². The largest absolute Gasteiger partial charge is 0.314 e. The third kappa shape index (κ3) is 5.75. The van der Waals surface area contributed by atoms with E-state index in [4.69, 9.17) is 23.2 Å². The van der Waals surface area contributed by atoms with Crippen molar-refractivity contribution < 1.29 is 8.42 Å². The summed E-state index contributed by atoms with van der Waals surface area (Å²) in [5.74, 6) is 0.113. The Balaban J connectivity index is 1.85. The van der Waals surface area contributed by atoms with E-state index in [1.54, 1.807) is 25.1 Å². The van der Waals surface area contributed by atoms with E-state index in [0.29, 0.717) is 22.5 Å². The lowest BCUT2D eigenvalue weighted by molar-refractivity contribution is 0.561. The fourth-order valence-corrected chi connectivity index (χ4v) is 3.98. The van der Waals surface area contributed by atoms with Crippen LogP contribution in [0.2, 0.25) is 10.0 Å². The van der Waals surface area contributed by atoms with Crippen LogP contribution in [-0.4, -0.2) is 26.8 Å². The quantitative estimate of drug-likeness (QED) is 0.708. The van der Waals surface area contributed by atoms with Gasteiger partial charge in [-0.1, -0.05) is 29.3 Å². The van der Waals surface area contributed by atoms with Crippen LogP contribution < -0.4 is 10.0 Å². The smallest absolute Gasteiger partial charge is 0.212 e. The molecular formula is C14H20Cl2N2O2S. The number of benzene rings is 1. The van der Waals surface area contributed by atoms with Crippen LogP contribution in [-0.2, 0) is 10.0 Å². The molecule has 1 aliphatic rings. The van der Waals surface area contributed by atoms with Crippen molar-refractivity contribution in [1.82, 2.24) is 10.0 Å². The Morgan fingerprint density at radius 2 is 2.05 bits per heavy atom. The molecule has 0 spiro atoms. The molecule has 21 heavy (non-hydrogen) atoms. The van der Waals surface area contributed by atoms with Crippen LogP contribution in [0.5, 0.6) is 0 Å². The lowest BCUT2D eigenvalue weighted by Crippen LogP contribution is -2.31. The second-order valence-corrected chi connectivity index (χ2v) is 8.12. The van der Waals surface area contributed by atoms with Crippen molar-refractivity contribution in [1.29, 1.82) is 0 Å². The zero-order valence-corrected chi connectivity index (χ0v) is 14.2. The normalized spacial score (nSPS) is 16.9. The standard InChI is InChI=1S/C14H20Cl2N2O2S/c1-10(13-6-3-11(15)9-14(13)16)18-21(19,20)8-2-7-17-12-4-5-12/h3,6,9-10,12,17-18H,2,4-5,7-8H2,1H3. The first-order valence-corrected chi connectivity index (χ1v) is 9.46. The number of nitrogens with one attached hydrogen (secondary N) is 2. The zero-order chi connectivity index (χ0) is 15.5. The van der Waals surface area contributed by atoms with Gasteiger partial charge in [-0.2, -0.15) is 0 Å². The molecule has 1 unspecified atom stereocenters. The van der Waals surface area contributed by atoms with Gasteiger partial charge in [-0.15, -0.1) is 0 Å². The average Bonchev–Trinajstić information content (AvgIpc) is 3.18. The summed E-state index contributed by atoms with van der Waals surface area (Å²) in [6.07, 6.45) is 3.01. The number of rotatable bonds is 8. The Hall–Kier alpha value is -0.330. The predicted molar refractivity (Wildman–Crippen MR) is 87.4 cm³/mol. The topological polar surface area (TPSA) is 58.2 Å². The van der Waals surface area contributed by atoms with E-state index in [-0.39, 0.29) is 11.8 Å². The third-order valence-corrected chi connectivity index (χ3v) is 5.49. The molecule has 0 heterocycles. The second-order valence-electron chi connectivity index (χ2n) is 5.41. The van der Waals surface area contributed by atoms with Gasteiger partial charge in [-0.25, -0.2) is 13.1 Å². The van der Waals surface area contributed by atoms with Gasteiger partial charge in [0.05, 0.1) is 5.75 Å². The minimum atomic E-state index is -3.32. The van der Waals surface area contributed by atoms with Gasteiger partial charge < -0.3 is 5.32 Å². The first-order chi connectivity index (χ1) is 9.87. The molecule has 0 aliphatic heterocycles. The van der Waals surface area contributed by atoms with Crippen molar-refractivity contribution in [2.75, 3.05) is 12.3 Å². The molecule has 1 aromatic carbocycles. The van der Waals surface area contributed by atoms with E-state index in [1.165, 1.54) is 12.8 Å². The molecule has 1 aromatic rings. The van der Waals surface area contributed by atoms with Crippen molar-refractivity contribution in [3.8, 4) is 0 Å². The zero-order valence-electron chi connectivity index (χ0n) is 11.9. The van der Waals surface area contributed by atoms with Crippen LogP contribution in [0.4, 0.5) is 0 Å². The first kappa shape index (κ1) is 17.0. The molecule has 0 saturated heterocycles. The van der Waals surface area contributed by atoms with E-state index < -0.39 is 10.0 Å². The maximum absolute atomic E-state index is 12.0. The summed E-state index contributed by atoms with van der Waals surface area (Å²) in [5.41, 5.74) is 0.723. The van der Waals surface area contributed by atoms with Crippen molar-refractivity contribution in [2.45, 2.75) is 38.3 Å². The Bertz CT molecular complexity index is 589. The molecular weight excluding hydrogens is 331 g/mol. The van der Waals surface area contributed by atoms with Crippen molar-refractivity contribution in [3.63, 3.8) is 0 Å². The highest BCUT2D eigenvalue weighted by Crippen LogP contribution is 2.26.